The Kier molecular flexibility index (Phi) is 5.90. The molecule has 31 heavy (non-hydrogen) atoms. The molecule has 162 valence electrons. The number of ether oxygens (including phenoxy) is 1. The van der Waals surface area contributed by atoms with Crippen molar-refractivity contribution in [2.24, 2.45) is 0 Å². The SMILES string of the molecule is O=C(c1cccc(-n2cnnn2)c1)N1CCC(N2CCC(Oc3nccs3)CC2)CC1. The molecule has 2 saturated heterocycles. The third kappa shape index (κ3) is 4.59. The van der Waals surface area contributed by atoms with Gasteiger partial charge in [0.15, 0.2) is 0 Å². The van der Waals surface area contributed by atoms with E-state index in [1.165, 1.54) is 6.33 Å². The Hall–Kier alpha value is -2.85. The molecule has 2 fully saturated rings. The van der Waals surface area contributed by atoms with Crippen molar-refractivity contribution in [1.29, 1.82) is 0 Å². The summed E-state index contributed by atoms with van der Waals surface area (Å²) in [5, 5.41) is 13.9. The van der Waals surface area contributed by atoms with Gasteiger partial charge in [-0.3, -0.25) is 9.69 Å². The van der Waals surface area contributed by atoms with Gasteiger partial charge in [0, 0.05) is 49.4 Å². The fourth-order valence-electron chi connectivity index (χ4n) is 4.45. The first-order chi connectivity index (χ1) is 15.3. The van der Waals surface area contributed by atoms with E-state index >= 15 is 0 Å². The van der Waals surface area contributed by atoms with Crippen molar-refractivity contribution in [3.8, 4) is 10.9 Å². The molecule has 0 aliphatic carbocycles. The molecule has 2 aliphatic rings. The van der Waals surface area contributed by atoms with Crippen molar-refractivity contribution in [2.45, 2.75) is 37.8 Å². The summed E-state index contributed by atoms with van der Waals surface area (Å²) in [5.74, 6) is 0.0731. The summed E-state index contributed by atoms with van der Waals surface area (Å²) in [6.45, 7) is 3.66. The van der Waals surface area contributed by atoms with E-state index in [9.17, 15) is 4.79 Å². The third-order valence-electron chi connectivity index (χ3n) is 6.13. The van der Waals surface area contributed by atoms with Crippen LogP contribution in [0.1, 0.15) is 36.0 Å². The molecule has 9 nitrogen and oxygen atoms in total. The highest BCUT2D eigenvalue weighted by molar-refractivity contribution is 7.11. The van der Waals surface area contributed by atoms with Gasteiger partial charge in [-0.25, -0.2) is 9.67 Å². The van der Waals surface area contributed by atoms with E-state index in [0.717, 1.165) is 62.7 Å². The van der Waals surface area contributed by atoms with E-state index in [2.05, 4.69) is 25.4 Å². The lowest BCUT2D eigenvalue weighted by molar-refractivity contribution is 0.0425. The van der Waals surface area contributed by atoms with Gasteiger partial charge in [0.05, 0.1) is 5.69 Å². The number of aromatic nitrogens is 5. The molecular weight excluding hydrogens is 414 g/mol. The Balaban J connectivity index is 1.12. The molecule has 10 heteroatoms. The molecule has 0 radical (unpaired) electrons. The molecule has 2 aromatic heterocycles. The van der Waals surface area contributed by atoms with Crippen molar-refractivity contribution in [2.75, 3.05) is 26.2 Å². The van der Waals surface area contributed by atoms with Gasteiger partial charge in [0.25, 0.3) is 11.1 Å². The number of piperidine rings is 2. The van der Waals surface area contributed by atoms with Gasteiger partial charge in [-0.15, -0.1) is 5.10 Å². The van der Waals surface area contributed by atoms with E-state index in [0.29, 0.717) is 11.6 Å². The van der Waals surface area contributed by atoms with Crippen LogP contribution in [0, 0.1) is 0 Å². The van der Waals surface area contributed by atoms with Gasteiger partial charge < -0.3 is 9.64 Å². The highest BCUT2D eigenvalue weighted by Gasteiger charge is 2.30. The van der Waals surface area contributed by atoms with Crippen LogP contribution in [0.5, 0.6) is 5.19 Å². The van der Waals surface area contributed by atoms with Gasteiger partial charge in [0.1, 0.15) is 12.4 Å². The van der Waals surface area contributed by atoms with Crippen LogP contribution in [-0.2, 0) is 0 Å². The van der Waals surface area contributed by atoms with Crippen molar-refractivity contribution in [3.05, 3.63) is 47.7 Å². The minimum atomic E-state index is 0.0731. The number of hydrogen-bond donors (Lipinski definition) is 0. The van der Waals surface area contributed by atoms with Crippen LogP contribution in [0.25, 0.3) is 5.69 Å². The van der Waals surface area contributed by atoms with Crippen LogP contribution in [0.2, 0.25) is 0 Å². The lowest BCUT2D eigenvalue weighted by Crippen LogP contribution is -2.50. The van der Waals surface area contributed by atoms with Gasteiger partial charge in [-0.05, 0) is 54.3 Å². The maximum atomic E-state index is 13.0. The zero-order valence-electron chi connectivity index (χ0n) is 17.2. The smallest absolute Gasteiger partial charge is 0.273 e. The first-order valence-corrected chi connectivity index (χ1v) is 11.6. The van der Waals surface area contributed by atoms with E-state index in [4.69, 9.17) is 4.74 Å². The molecule has 2 aliphatic heterocycles. The number of carbonyl (C=O) groups is 1. The summed E-state index contributed by atoms with van der Waals surface area (Å²) < 4.78 is 7.54. The van der Waals surface area contributed by atoms with Crippen LogP contribution >= 0.6 is 11.3 Å². The fraction of sp³-hybridized carbons (Fsp3) is 0.476. The summed E-state index contributed by atoms with van der Waals surface area (Å²) in [6, 6.07) is 8.00. The number of tetrazole rings is 1. The molecule has 0 unspecified atom stereocenters. The van der Waals surface area contributed by atoms with Crippen LogP contribution in [0.15, 0.2) is 42.2 Å². The average Bonchev–Trinajstić information content (AvgIpc) is 3.54. The minimum Gasteiger partial charge on any atom is -0.467 e. The molecule has 1 amide bonds. The maximum absolute atomic E-state index is 13.0. The quantitative estimate of drug-likeness (QED) is 0.602. The standard InChI is InChI=1S/C21H25N7O2S/c29-20(16-2-1-3-18(14-16)28-15-23-24-25-28)27-9-4-17(5-10-27)26-11-6-19(7-12-26)30-21-22-8-13-31-21/h1-3,8,13-15,17,19H,4-7,9-12H2. The van der Waals surface area contributed by atoms with Crippen LogP contribution in [0.3, 0.4) is 0 Å². The van der Waals surface area contributed by atoms with E-state index in [1.807, 2.05) is 34.5 Å². The second kappa shape index (κ2) is 9.11. The molecule has 3 aromatic rings. The zero-order valence-corrected chi connectivity index (χ0v) is 18.0. The molecule has 0 N–H and O–H groups in total. The molecule has 1 aromatic carbocycles. The van der Waals surface area contributed by atoms with E-state index < -0.39 is 0 Å². The largest absolute Gasteiger partial charge is 0.467 e. The molecule has 5 rings (SSSR count). The molecule has 0 atom stereocenters. The topological polar surface area (TPSA) is 89.3 Å². The number of hydrogen-bond acceptors (Lipinski definition) is 8. The van der Waals surface area contributed by atoms with Crippen molar-refractivity contribution < 1.29 is 9.53 Å². The number of rotatable bonds is 5. The maximum Gasteiger partial charge on any atom is 0.273 e. The van der Waals surface area contributed by atoms with Crippen LogP contribution in [-0.4, -0.2) is 79.2 Å². The Labute approximate surface area is 184 Å². The number of amides is 1. The summed E-state index contributed by atoms with van der Waals surface area (Å²) in [6.07, 6.45) is 7.65. The van der Waals surface area contributed by atoms with Gasteiger partial charge in [-0.1, -0.05) is 17.4 Å². The number of benzene rings is 1. The number of likely N-dealkylation sites (tertiary alicyclic amines) is 2. The summed E-state index contributed by atoms with van der Waals surface area (Å²) in [7, 11) is 0. The molecular formula is C21H25N7O2S. The monoisotopic (exact) mass is 439 g/mol. The number of thiazole rings is 1. The van der Waals surface area contributed by atoms with Gasteiger partial charge >= 0.3 is 0 Å². The predicted molar refractivity (Wildman–Crippen MR) is 115 cm³/mol. The molecule has 0 bridgehead atoms. The lowest BCUT2D eigenvalue weighted by atomic mass is 9.98. The van der Waals surface area contributed by atoms with Crippen molar-refractivity contribution in [1.82, 2.24) is 35.0 Å². The lowest BCUT2D eigenvalue weighted by Gasteiger charge is -2.41. The first kappa shape index (κ1) is 20.1. The normalized spacial score (nSPS) is 18.9. The first-order valence-electron chi connectivity index (χ1n) is 10.7. The fourth-order valence-corrected chi connectivity index (χ4v) is 5.00. The average molecular weight is 440 g/mol. The van der Waals surface area contributed by atoms with Gasteiger partial charge in [0.2, 0.25) is 0 Å². The van der Waals surface area contributed by atoms with Crippen molar-refractivity contribution >= 4 is 17.2 Å². The molecule has 0 spiro atoms. The molecule has 0 saturated carbocycles. The second-order valence-corrected chi connectivity index (χ2v) is 8.84. The van der Waals surface area contributed by atoms with Crippen molar-refractivity contribution in [3.63, 3.8) is 0 Å². The summed E-state index contributed by atoms with van der Waals surface area (Å²) >= 11 is 1.55. The van der Waals surface area contributed by atoms with E-state index in [-0.39, 0.29) is 12.0 Å². The van der Waals surface area contributed by atoms with E-state index in [1.54, 1.807) is 22.2 Å². The highest BCUT2D eigenvalue weighted by atomic mass is 32.1. The Morgan fingerprint density at radius 1 is 1.10 bits per heavy atom. The van der Waals surface area contributed by atoms with Crippen LogP contribution < -0.4 is 4.74 Å². The summed E-state index contributed by atoms with van der Waals surface area (Å²) in [5.41, 5.74) is 1.46. The minimum absolute atomic E-state index is 0.0731. The predicted octanol–water partition coefficient (Wildman–Crippen LogP) is 2.27. The zero-order chi connectivity index (χ0) is 21.0. The molecule has 4 heterocycles. The second-order valence-electron chi connectivity index (χ2n) is 7.98. The third-order valence-corrected chi connectivity index (χ3v) is 6.79. The summed E-state index contributed by atoms with van der Waals surface area (Å²) in [4.78, 5) is 21.8. The Morgan fingerprint density at radius 3 is 2.65 bits per heavy atom. The Bertz CT molecular complexity index is 979. The van der Waals surface area contributed by atoms with Gasteiger partial charge in [-0.2, -0.15) is 0 Å². The highest BCUT2D eigenvalue weighted by Crippen LogP contribution is 2.25. The number of nitrogens with zero attached hydrogens (tertiary/aromatic N) is 7. The Morgan fingerprint density at radius 2 is 1.94 bits per heavy atom. The number of carbonyl (C=O) groups excluding carboxylic acids is 1. The van der Waals surface area contributed by atoms with Crippen LogP contribution in [0.4, 0.5) is 0 Å².